The zero-order valence-corrected chi connectivity index (χ0v) is 13.2. The molecule has 0 bridgehead atoms. The number of aliphatic hydroxyl groups excluding tert-OH is 2. The largest absolute Gasteiger partial charge is 0.479 e. The minimum atomic E-state index is -2.27. The Balaban J connectivity index is 0.000000257. The maximum Gasteiger partial charge on any atom is 0.335 e. The highest BCUT2D eigenvalue weighted by Gasteiger charge is 2.29. The van der Waals surface area contributed by atoms with Gasteiger partial charge in [-0.1, -0.05) is 30.3 Å². The van der Waals surface area contributed by atoms with Gasteiger partial charge >= 0.3 is 11.9 Å². The maximum atomic E-state index is 9.77. The zero-order valence-electron chi connectivity index (χ0n) is 13.2. The summed E-state index contributed by atoms with van der Waals surface area (Å²) in [4.78, 5) is 19.5. The number of carboxylic acid groups (broad SMARTS) is 2. The van der Waals surface area contributed by atoms with Crippen molar-refractivity contribution in [1.82, 2.24) is 0 Å². The average Bonchev–Trinajstić information content (AvgIpc) is 2.57. The van der Waals surface area contributed by atoms with Crippen LogP contribution in [0.15, 0.2) is 30.3 Å². The standard InChI is InChI=1S/C12H18N2.C4H6O6/c13-11-7-6-10(8-12(11)14)9-4-2-1-3-5-9;5-1(3(7)8)2(6)4(9)10/h1-5,10-12H,6-8,13-14H2;1-2,5-6H,(H,7,8)(H,9,10)/t10?,11-,12-;/m1./s1. The normalized spacial score (nSPS) is 25.8. The second-order valence-electron chi connectivity index (χ2n) is 5.81. The van der Waals surface area contributed by atoms with E-state index in [1.165, 1.54) is 12.0 Å². The van der Waals surface area contributed by atoms with E-state index in [9.17, 15) is 9.59 Å². The fraction of sp³-hybridized carbons (Fsp3) is 0.500. The van der Waals surface area contributed by atoms with E-state index < -0.39 is 24.1 Å². The number of carboxylic acids is 2. The van der Waals surface area contributed by atoms with Gasteiger partial charge in [0.05, 0.1) is 0 Å². The summed E-state index contributed by atoms with van der Waals surface area (Å²) in [5.41, 5.74) is 13.3. The Morgan fingerprint density at radius 3 is 1.83 bits per heavy atom. The molecular formula is C16H24N2O6. The lowest BCUT2D eigenvalue weighted by atomic mass is 9.79. The second kappa shape index (κ2) is 9.33. The molecule has 0 spiro atoms. The average molecular weight is 340 g/mol. The molecule has 5 atom stereocenters. The molecule has 1 saturated carbocycles. The van der Waals surface area contributed by atoms with E-state index in [2.05, 4.69) is 30.3 Å². The topological polar surface area (TPSA) is 167 Å². The van der Waals surface area contributed by atoms with Crippen molar-refractivity contribution in [3.05, 3.63) is 35.9 Å². The van der Waals surface area contributed by atoms with Gasteiger partial charge in [0, 0.05) is 12.1 Å². The number of aliphatic hydroxyl groups is 2. The van der Waals surface area contributed by atoms with Crippen molar-refractivity contribution < 1.29 is 30.0 Å². The Morgan fingerprint density at radius 2 is 1.42 bits per heavy atom. The molecule has 134 valence electrons. The molecule has 1 aromatic rings. The minimum Gasteiger partial charge on any atom is -0.479 e. The van der Waals surface area contributed by atoms with Crippen molar-refractivity contribution in [3.63, 3.8) is 0 Å². The quantitative estimate of drug-likeness (QED) is 0.426. The summed E-state index contributed by atoms with van der Waals surface area (Å²) in [6.07, 6.45) is -1.26. The highest BCUT2D eigenvalue weighted by Crippen LogP contribution is 2.31. The highest BCUT2D eigenvalue weighted by atomic mass is 16.4. The van der Waals surface area contributed by atoms with Gasteiger partial charge in [0.2, 0.25) is 0 Å². The lowest BCUT2D eigenvalue weighted by Crippen LogP contribution is -2.45. The first-order valence-electron chi connectivity index (χ1n) is 7.61. The maximum absolute atomic E-state index is 9.77. The van der Waals surface area contributed by atoms with Crippen molar-refractivity contribution >= 4 is 11.9 Å². The van der Waals surface area contributed by atoms with E-state index >= 15 is 0 Å². The number of carbonyl (C=O) groups is 2. The lowest BCUT2D eigenvalue weighted by Gasteiger charge is -2.31. The van der Waals surface area contributed by atoms with E-state index in [1.807, 2.05) is 0 Å². The van der Waals surface area contributed by atoms with Crippen LogP contribution in [0, 0.1) is 0 Å². The first-order chi connectivity index (χ1) is 11.2. The molecule has 8 heteroatoms. The van der Waals surface area contributed by atoms with E-state index in [1.54, 1.807) is 0 Å². The predicted molar refractivity (Wildman–Crippen MR) is 86.3 cm³/mol. The van der Waals surface area contributed by atoms with Crippen LogP contribution in [-0.4, -0.2) is 56.7 Å². The summed E-state index contributed by atoms with van der Waals surface area (Å²) in [6, 6.07) is 11.0. The third-order valence-electron chi connectivity index (χ3n) is 4.03. The Bertz CT molecular complexity index is 521. The minimum absolute atomic E-state index is 0.175. The number of hydrogen-bond acceptors (Lipinski definition) is 6. The summed E-state index contributed by atoms with van der Waals surface area (Å²) in [5.74, 6) is -2.92. The van der Waals surface area contributed by atoms with Gasteiger partial charge in [0.25, 0.3) is 0 Å². The Hall–Kier alpha value is -2.00. The Labute approximate surface area is 139 Å². The molecule has 1 aromatic carbocycles. The van der Waals surface area contributed by atoms with Gasteiger partial charge < -0.3 is 31.9 Å². The molecule has 1 aliphatic carbocycles. The molecule has 2 rings (SSSR count). The van der Waals surface area contributed by atoms with Crippen LogP contribution in [0.2, 0.25) is 0 Å². The van der Waals surface area contributed by atoms with Crippen molar-refractivity contribution in [2.45, 2.75) is 49.5 Å². The van der Waals surface area contributed by atoms with Gasteiger partial charge in [-0.25, -0.2) is 9.59 Å². The second-order valence-corrected chi connectivity index (χ2v) is 5.81. The van der Waals surface area contributed by atoms with Crippen molar-refractivity contribution in [3.8, 4) is 0 Å². The monoisotopic (exact) mass is 340 g/mol. The molecule has 0 heterocycles. The highest BCUT2D eigenvalue weighted by molar-refractivity contribution is 5.83. The molecule has 3 unspecified atom stereocenters. The fourth-order valence-corrected chi connectivity index (χ4v) is 2.53. The molecule has 1 aliphatic rings. The summed E-state index contributed by atoms with van der Waals surface area (Å²) < 4.78 is 0. The summed E-state index contributed by atoms with van der Waals surface area (Å²) in [5, 5.41) is 32.5. The van der Waals surface area contributed by atoms with Crippen LogP contribution in [0.25, 0.3) is 0 Å². The van der Waals surface area contributed by atoms with Gasteiger partial charge in [0.1, 0.15) is 0 Å². The smallest absolute Gasteiger partial charge is 0.335 e. The number of rotatable bonds is 4. The predicted octanol–water partition coefficient (Wildman–Crippen LogP) is -0.514. The number of hydrogen-bond donors (Lipinski definition) is 6. The van der Waals surface area contributed by atoms with Crippen molar-refractivity contribution in [2.75, 3.05) is 0 Å². The fourth-order valence-electron chi connectivity index (χ4n) is 2.53. The molecule has 8 N–H and O–H groups in total. The lowest BCUT2D eigenvalue weighted by molar-refractivity contribution is -0.165. The number of aliphatic carboxylic acids is 2. The van der Waals surface area contributed by atoms with Gasteiger partial charge in [-0.2, -0.15) is 0 Å². The molecular weight excluding hydrogens is 316 g/mol. The van der Waals surface area contributed by atoms with Crippen LogP contribution in [0.1, 0.15) is 30.7 Å². The molecule has 24 heavy (non-hydrogen) atoms. The van der Waals surface area contributed by atoms with Crippen LogP contribution < -0.4 is 11.5 Å². The van der Waals surface area contributed by atoms with Crippen molar-refractivity contribution in [1.29, 1.82) is 0 Å². The molecule has 8 nitrogen and oxygen atoms in total. The Morgan fingerprint density at radius 1 is 0.917 bits per heavy atom. The number of benzene rings is 1. The molecule has 0 amide bonds. The third kappa shape index (κ3) is 5.89. The summed E-state index contributed by atoms with van der Waals surface area (Å²) in [6.45, 7) is 0. The zero-order chi connectivity index (χ0) is 18.3. The van der Waals surface area contributed by atoms with Crippen molar-refractivity contribution in [2.24, 2.45) is 11.5 Å². The van der Waals surface area contributed by atoms with Crippen LogP contribution in [0.4, 0.5) is 0 Å². The van der Waals surface area contributed by atoms with E-state index in [0.29, 0.717) is 5.92 Å². The first-order valence-corrected chi connectivity index (χ1v) is 7.61. The van der Waals surface area contributed by atoms with Gasteiger partial charge in [-0.05, 0) is 30.7 Å². The van der Waals surface area contributed by atoms with Crippen LogP contribution in [0.3, 0.4) is 0 Å². The third-order valence-corrected chi connectivity index (χ3v) is 4.03. The van der Waals surface area contributed by atoms with Crippen LogP contribution in [0.5, 0.6) is 0 Å². The molecule has 0 saturated heterocycles. The number of nitrogens with two attached hydrogens (primary N) is 2. The van der Waals surface area contributed by atoms with Gasteiger partial charge in [0.15, 0.2) is 12.2 Å². The van der Waals surface area contributed by atoms with Gasteiger partial charge in [-0.15, -0.1) is 0 Å². The Kier molecular flexibility index (Phi) is 7.80. The van der Waals surface area contributed by atoms with E-state index in [-0.39, 0.29) is 12.1 Å². The van der Waals surface area contributed by atoms with E-state index in [4.69, 9.17) is 31.9 Å². The SMILES string of the molecule is N[C@@H]1CCC(c2ccccc2)C[C@H]1N.O=C(O)C(O)C(O)C(=O)O. The molecule has 0 radical (unpaired) electrons. The molecule has 1 fully saturated rings. The van der Waals surface area contributed by atoms with Gasteiger partial charge in [-0.3, -0.25) is 0 Å². The molecule has 0 aromatic heterocycles. The molecule has 0 aliphatic heterocycles. The summed E-state index contributed by atoms with van der Waals surface area (Å²) in [7, 11) is 0. The summed E-state index contributed by atoms with van der Waals surface area (Å²) >= 11 is 0. The van der Waals surface area contributed by atoms with Crippen LogP contribution >= 0.6 is 0 Å². The first kappa shape index (κ1) is 20.0. The van der Waals surface area contributed by atoms with E-state index in [0.717, 1.165) is 12.8 Å². The van der Waals surface area contributed by atoms with Crippen LogP contribution in [-0.2, 0) is 9.59 Å².